The number of amides is 2. The van der Waals surface area contributed by atoms with Gasteiger partial charge in [0.1, 0.15) is 11.6 Å². The second-order valence-electron chi connectivity index (χ2n) is 6.66. The maximum Gasteiger partial charge on any atom is 0.260 e. The third-order valence-electron chi connectivity index (χ3n) is 4.91. The molecule has 0 spiro atoms. The van der Waals surface area contributed by atoms with Gasteiger partial charge in [-0.05, 0) is 55.3 Å². The minimum absolute atomic E-state index is 0.0932. The Morgan fingerprint density at radius 1 is 1.19 bits per heavy atom. The maximum atomic E-state index is 13.0. The van der Waals surface area contributed by atoms with Crippen molar-refractivity contribution in [1.82, 2.24) is 4.90 Å². The summed E-state index contributed by atoms with van der Waals surface area (Å²) in [5, 5.41) is 0. The number of carbonyl (C=O) groups excluding carboxylic acids is 2. The highest BCUT2D eigenvalue weighted by atomic mass is 19.1. The van der Waals surface area contributed by atoms with Gasteiger partial charge in [-0.1, -0.05) is 12.1 Å². The molecule has 0 radical (unpaired) electrons. The highest BCUT2D eigenvalue weighted by Crippen LogP contribution is 2.24. The lowest BCUT2D eigenvalue weighted by atomic mass is 10.1. The van der Waals surface area contributed by atoms with E-state index in [4.69, 9.17) is 4.74 Å². The second kappa shape index (κ2) is 8.20. The molecule has 2 aromatic carbocycles. The summed E-state index contributed by atoms with van der Waals surface area (Å²) in [5.41, 5.74) is 1.70. The molecule has 1 aliphatic rings. The molecule has 2 amide bonds. The summed E-state index contributed by atoms with van der Waals surface area (Å²) in [6, 6.07) is 13.1. The fourth-order valence-corrected chi connectivity index (χ4v) is 3.07. The molecule has 1 saturated heterocycles. The average molecular weight is 370 g/mol. The summed E-state index contributed by atoms with van der Waals surface area (Å²) >= 11 is 0. The first-order chi connectivity index (χ1) is 13.0. The molecule has 1 aliphatic heterocycles. The van der Waals surface area contributed by atoms with Gasteiger partial charge in [0.2, 0.25) is 5.91 Å². The topological polar surface area (TPSA) is 49.9 Å². The number of hydrogen-bond acceptors (Lipinski definition) is 3. The molecule has 0 bridgehead atoms. The average Bonchev–Trinajstić information content (AvgIpc) is 3.12. The Kier molecular flexibility index (Phi) is 5.74. The van der Waals surface area contributed by atoms with Crippen LogP contribution in [0.4, 0.5) is 10.1 Å². The molecule has 6 heteroatoms. The molecule has 0 aliphatic carbocycles. The Hall–Kier alpha value is -2.89. The van der Waals surface area contributed by atoms with E-state index in [9.17, 15) is 14.0 Å². The van der Waals surface area contributed by atoms with Crippen LogP contribution in [-0.2, 0) is 9.59 Å². The van der Waals surface area contributed by atoms with Crippen LogP contribution >= 0.6 is 0 Å². The SMILES string of the molecule is CC(c1ccc(F)cc1)N(C)C(=O)COc1ccc(N2CCCC2=O)cc1. The van der Waals surface area contributed by atoms with Gasteiger partial charge in [-0.3, -0.25) is 9.59 Å². The summed E-state index contributed by atoms with van der Waals surface area (Å²) in [7, 11) is 1.70. The molecule has 0 aromatic heterocycles. The van der Waals surface area contributed by atoms with Crippen molar-refractivity contribution in [3.63, 3.8) is 0 Å². The third kappa shape index (κ3) is 4.45. The van der Waals surface area contributed by atoms with Crippen LogP contribution in [0.2, 0.25) is 0 Å². The smallest absolute Gasteiger partial charge is 0.260 e. The van der Waals surface area contributed by atoms with Crippen LogP contribution in [0.15, 0.2) is 48.5 Å². The summed E-state index contributed by atoms with van der Waals surface area (Å²) in [4.78, 5) is 27.5. The van der Waals surface area contributed by atoms with E-state index in [2.05, 4.69) is 0 Å². The van der Waals surface area contributed by atoms with E-state index in [1.807, 2.05) is 19.1 Å². The van der Waals surface area contributed by atoms with Gasteiger partial charge >= 0.3 is 0 Å². The number of benzene rings is 2. The fraction of sp³-hybridized carbons (Fsp3) is 0.333. The number of rotatable bonds is 6. The van der Waals surface area contributed by atoms with Gasteiger partial charge in [-0.15, -0.1) is 0 Å². The highest BCUT2D eigenvalue weighted by molar-refractivity contribution is 5.95. The third-order valence-corrected chi connectivity index (χ3v) is 4.91. The number of hydrogen-bond donors (Lipinski definition) is 0. The van der Waals surface area contributed by atoms with Crippen LogP contribution in [0, 0.1) is 5.82 Å². The highest BCUT2D eigenvalue weighted by Gasteiger charge is 2.22. The molecule has 2 aromatic rings. The molecule has 1 unspecified atom stereocenters. The number of anilines is 1. The minimum Gasteiger partial charge on any atom is -0.484 e. The number of nitrogens with zero attached hydrogens (tertiary/aromatic N) is 2. The zero-order valence-electron chi connectivity index (χ0n) is 15.5. The number of ether oxygens (including phenoxy) is 1. The maximum absolute atomic E-state index is 13.0. The predicted octanol–water partition coefficient (Wildman–Crippen LogP) is 3.55. The zero-order chi connectivity index (χ0) is 19.4. The predicted molar refractivity (Wildman–Crippen MR) is 101 cm³/mol. The van der Waals surface area contributed by atoms with Crippen molar-refractivity contribution in [3.05, 3.63) is 59.9 Å². The largest absolute Gasteiger partial charge is 0.484 e. The molecule has 27 heavy (non-hydrogen) atoms. The zero-order valence-corrected chi connectivity index (χ0v) is 15.5. The molecule has 0 N–H and O–H groups in total. The Morgan fingerprint density at radius 2 is 1.85 bits per heavy atom. The molecular formula is C21H23FN2O3. The van der Waals surface area contributed by atoms with Crippen LogP contribution in [0.3, 0.4) is 0 Å². The molecule has 1 fully saturated rings. The van der Waals surface area contributed by atoms with Crippen molar-refractivity contribution < 1.29 is 18.7 Å². The molecule has 5 nitrogen and oxygen atoms in total. The van der Waals surface area contributed by atoms with Gasteiger partial charge in [0.15, 0.2) is 6.61 Å². The Balaban J connectivity index is 1.55. The van der Waals surface area contributed by atoms with Crippen molar-refractivity contribution in [1.29, 1.82) is 0 Å². The minimum atomic E-state index is -0.303. The van der Waals surface area contributed by atoms with Crippen molar-refractivity contribution >= 4 is 17.5 Å². The first-order valence-electron chi connectivity index (χ1n) is 9.00. The Morgan fingerprint density at radius 3 is 2.44 bits per heavy atom. The van der Waals surface area contributed by atoms with Gasteiger partial charge < -0.3 is 14.5 Å². The van der Waals surface area contributed by atoms with E-state index in [0.717, 1.165) is 24.2 Å². The van der Waals surface area contributed by atoms with Gasteiger partial charge in [0.05, 0.1) is 6.04 Å². The van der Waals surface area contributed by atoms with Gasteiger partial charge in [0, 0.05) is 25.7 Å². The van der Waals surface area contributed by atoms with Gasteiger partial charge in [-0.25, -0.2) is 4.39 Å². The summed E-state index contributed by atoms with van der Waals surface area (Å²) in [6.07, 6.45) is 1.47. The van der Waals surface area contributed by atoms with Gasteiger partial charge in [0.25, 0.3) is 5.91 Å². The first kappa shape index (κ1) is 18.9. The van der Waals surface area contributed by atoms with Crippen molar-refractivity contribution in [2.24, 2.45) is 0 Å². The molecule has 1 heterocycles. The number of halogens is 1. The molecule has 142 valence electrons. The second-order valence-corrected chi connectivity index (χ2v) is 6.66. The summed E-state index contributed by atoms with van der Waals surface area (Å²) in [6.45, 7) is 2.53. The summed E-state index contributed by atoms with van der Waals surface area (Å²) in [5.74, 6) is 0.227. The van der Waals surface area contributed by atoms with E-state index >= 15 is 0 Å². The van der Waals surface area contributed by atoms with Crippen molar-refractivity contribution in [2.45, 2.75) is 25.8 Å². The fourth-order valence-electron chi connectivity index (χ4n) is 3.07. The molecule has 1 atom stereocenters. The van der Waals surface area contributed by atoms with Crippen LogP contribution < -0.4 is 9.64 Å². The molecular weight excluding hydrogens is 347 g/mol. The summed E-state index contributed by atoms with van der Waals surface area (Å²) < 4.78 is 18.6. The first-order valence-corrected chi connectivity index (χ1v) is 9.00. The monoisotopic (exact) mass is 370 g/mol. The standard InChI is InChI=1S/C21H23FN2O3/c1-15(16-5-7-17(22)8-6-16)23(2)21(26)14-27-19-11-9-18(10-12-19)24-13-3-4-20(24)25/h5-12,15H,3-4,13-14H2,1-2H3. The van der Waals surface area contributed by atoms with E-state index in [1.165, 1.54) is 12.1 Å². The van der Waals surface area contributed by atoms with Crippen LogP contribution in [-0.4, -0.2) is 36.9 Å². The van der Waals surface area contributed by atoms with Crippen molar-refractivity contribution in [3.8, 4) is 5.75 Å². The number of carbonyl (C=O) groups is 2. The van der Waals surface area contributed by atoms with E-state index < -0.39 is 0 Å². The number of likely N-dealkylation sites (N-methyl/N-ethyl adjacent to an activating group) is 1. The Bertz CT molecular complexity index is 805. The van der Waals surface area contributed by atoms with E-state index in [1.54, 1.807) is 41.1 Å². The van der Waals surface area contributed by atoms with Gasteiger partial charge in [-0.2, -0.15) is 0 Å². The van der Waals surface area contributed by atoms with E-state index in [-0.39, 0.29) is 30.3 Å². The van der Waals surface area contributed by atoms with Crippen LogP contribution in [0.1, 0.15) is 31.4 Å². The quantitative estimate of drug-likeness (QED) is 0.781. The molecule has 3 rings (SSSR count). The Labute approximate surface area is 158 Å². The van der Waals surface area contributed by atoms with Crippen LogP contribution in [0.25, 0.3) is 0 Å². The lowest BCUT2D eigenvalue weighted by Crippen LogP contribution is -2.33. The van der Waals surface area contributed by atoms with E-state index in [0.29, 0.717) is 12.2 Å². The normalized spacial score (nSPS) is 14.9. The van der Waals surface area contributed by atoms with Crippen LogP contribution in [0.5, 0.6) is 5.75 Å². The lowest BCUT2D eigenvalue weighted by molar-refractivity contribution is -0.134. The lowest BCUT2D eigenvalue weighted by Gasteiger charge is -2.25. The molecule has 0 saturated carbocycles. The van der Waals surface area contributed by atoms with Crippen molar-refractivity contribution in [2.75, 3.05) is 25.1 Å².